The Morgan fingerprint density at radius 2 is 1.89 bits per heavy atom. The molecular weight excluding hydrogens is 375 g/mol. The van der Waals surface area contributed by atoms with E-state index in [4.69, 9.17) is 11.6 Å². The van der Waals surface area contributed by atoms with Crippen LogP contribution in [0.5, 0.6) is 0 Å². The maximum Gasteiger partial charge on any atom is 0.0495 e. The quantitative estimate of drug-likeness (QED) is 0.344. The Hall–Kier alpha value is 0.990. The molecule has 104 valence electrons. The Morgan fingerprint density at radius 1 is 1.28 bits per heavy atom. The van der Waals surface area contributed by atoms with Crippen molar-refractivity contribution in [3.05, 3.63) is 11.6 Å². The normalized spacial score (nSPS) is 48.1. The summed E-state index contributed by atoms with van der Waals surface area (Å²) < 4.78 is 0.0927. The van der Waals surface area contributed by atoms with Crippen molar-refractivity contribution in [1.82, 2.24) is 0 Å². The van der Waals surface area contributed by atoms with Gasteiger partial charge in [-0.2, -0.15) is 0 Å². The summed E-state index contributed by atoms with van der Waals surface area (Å²) >= 11 is 14.4. The molecule has 2 rings (SSSR count). The van der Waals surface area contributed by atoms with Crippen molar-refractivity contribution in [2.75, 3.05) is 0 Å². The van der Waals surface area contributed by atoms with Gasteiger partial charge in [0.05, 0.1) is 0 Å². The summed E-state index contributed by atoms with van der Waals surface area (Å²) in [6.07, 6.45) is 7.02. The smallest absolute Gasteiger partial charge is 0.0495 e. The van der Waals surface area contributed by atoms with Crippen LogP contribution in [-0.4, -0.2) is 14.5 Å². The van der Waals surface area contributed by atoms with E-state index in [1.165, 1.54) is 6.42 Å². The van der Waals surface area contributed by atoms with Crippen LogP contribution >= 0.6 is 43.5 Å². The molecule has 3 heteroatoms. The van der Waals surface area contributed by atoms with Crippen LogP contribution in [0.2, 0.25) is 0 Å². The summed E-state index contributed by atoms with van der Waals surface area (Å²) in [5, 5.41) is 0.201. The zero-order valence-corrected chi connectivity index (χ0v) is 15.6. The summed E-state index contributed by atoms with van der Waals surface area (Å²) in [4.78, 5) is 0.553. The second-order valence-corrected chi connectivity index (χ2v) is 10.3. The lowest BCUT2D eigenvalue weighted by Crippen LogP contribution is -2.53. The minimum absolute atomic E-state index is 0.0927. The second kappa shape index (κ2) is 4.77. The number of halogens is 3. The molecule has 0 heterocycles. The van der Waals surface area contributed by atoms with E-state index in [1.54, 1.807) is 5.57 Å². The van der Waals surface area contributed by atoms with Crippen LogP contribution in [0.4, 0.5) is 0 Å². The standard InChI is InChI=1S/C15H23Br2Cl/c1-10-5-6-11(16)13(2,3)15(10)8-7-14(4,17)12(18)9-15/h5,11-12H,6-9H2,1-4H3. The van der Waals surface area contributed by atoms with E-state index in [1.807, 2.05) is 0 Å². The van der Waals surface area contributed by atoms with E-state index in [2.05, 4.69) is 65.6 Å². The molecule has 0 saturated heterocycles. The third-order valence-electron chi connectivity index (χ3n) is 5.62. The summed E-state index contributed by atoms with van der Waals surface area (Å²) in [7, 11) is 0. The fourth-order valence-electron chi connectivity index (χ4n) is 3.76. The van der Waals surface area contributed by atoms with Crippen LogP contribution < -0.4 is 0 Å². The van der Waals surface area contributed by atoms with Gasteiger partial charge >= 0.3 is 0 Å². The topological polar surface area (TPSA) is 0 Å². The first-order valence-corrected chi connectivity index (χ1v) is 8.92. The Morgan fingerprint density at radius 3 is 2.44 bits per heavy atom. The Labute approximate surface area is 133 Å². The van der Waals surface area contributed by atoms with Gasteiger partial charge < -0.3 is 0 Å². The van der Waals surface area contributed by atoms with Crippen molar-refractivity contribution in [2.24, 2.45) is 10.8 Å². The summed E-state index contributed by atoms with van der Waals surface area (Å²) in [6, 6.07) is 0. The zero-order chi connectivity index (χ0) is 13.8. The number of hydrogen-bond acceptors (Lipinski definition) is 0. The molecule has 4 atom stereocenters. The molecule has 0 amide bonds. The van der Waals surface area contributed by atoms with Gasteiger partial charge in [0.2, 0.25) is 0 Å². The van der Waals surface area contributed by atoms with Crippen LogP contribution in [0, 0.1) is 10.8 Å². The fourth-order valence-corrected chi connectivity index (χ4v) is 5.11. The Balaban J connectivity index is 2.41. The lowest BCUT2D eigenvalue weighted by molar-refractivity contribution is 0.0480. The van der Waals surface area contributed by atoms with Crippen LogP contribution in [0.3, 0.4) is 0 Å². The molecule has 4 unspecified atom stereocenters. The average Bonchev–Trinajstić information content (AvgIpc) is 2.27. The predicted octanol–water partition coefficient (Wildman–Crippen LogP) is 6.06. The molecule has 0 aromatic rings. The molecule has 2 aliphatic carbocycles. The van der Waals surface area contributed by atoms with Crippen LogP contribution in [0.15, 0.2) is 11.6 Å². The molecule has 0 N–H and O–H groups in total. The first-order chi connectivity index (χ1) is 8.13. The van der Waals surface area contributed by atoms with Gasteiger partial charge in [-0.1, -0.05) is 57.4 Å². The zero-order valence-electron chi connectivity index (χ0n) is 11.7. The van der Waals surface area contributed by atoms with E-state index in [0.29, 0.717) is 4.83 Å². The van der Waals surface area contributed by atoms with E-state index in [-0.39, 0.29) is 20.5 Å². The average molecular weight is 399 g/mol. The van der Waals surface area contributed by atoms with Crippen molar-refractivity contribution < 1.29 is 0 Å². The highest BCUT2D eigenvalue weighted by Crippen LogP contribution is 2.63. The Kier molecular flexibility index (Phi) is 4.08. The molecule has 18 heavy (non-hydrogen) atoms. The molecular formula is C15H23Br2Cl. The van der Waals surface area contributed by atoms with E-state index in [9.17, 15) is 0 Å². The van der Waals surface area contributed by atoms with Gasteiger partial charge in [0.25, 0.3) is 0 Å². The van der Waals surface area contributed by atoms with E-state index < -0.39 is 0 Å². The summed E-state index contributed by atoms with van der Waals surface area (Å²) in [6.45, 7) is 9.35. The van der Waals surface area contributed by atoms with Gasteiger partial charge in [-0.05, 0) is 50.4 Å². The molecule has 0 bridgehead atoms. The molecule has 2 aliphatic rings. The SMILES string of the molecule is CC1=CCC(Br)C(C)(C)C12CCC(C)(Br)C(Cl)C2. The van der Waals surface area contributed by atoms with Crippen LogP contribution in [-0.2, 0) is 0 Å². The van der Waals surface area contributed by atoms with Gasteiger partial charge in [0, 0.05) is 14.5 Å². The van der Waals surface area contributed by atoms with Crippen LogP contribution in [0.1, 0.15) is 53.4 Å². The van der Waals surface area contributed by atoms with Crippen molar-refractivity contribution >= 4 is 43.5 Å². The number of rotatable bonds is 0. The third kappa shape index (κ3) is 2.15. The lowest BCUT2D eigenvalue weighted by Gasteiger charge is -2.58. The van der Waals surface area contributed by atoms with Crippen molar-refractivity contribution in [3.8, 4) is 0 Å². The van der Waals surface area contributed by atoms with Gasteiger partial charge in [0.15, 0.2) is 0 Å². The molecule has 0 aliphatic heterocycles. The van der Waals surface area contributed by atoms with E-state index >= 15 is 0 Å². The largest absolute Gasteiger partial charge is 0.121 e. The highest BCUT2D eigenvalue weighted by atomic mass is 79.9. The number of hydrogen-bond donors (Lipinski definition) is 0. The first-order valence-electron chi connectivity index (χ1n) is 6.78. The van der Waals surface area contributed by atoms with Gasteiger partial charge in [0.1, 0.15) is 0 Å². The molecule has 0 radical (unpaired) electrons. The first kappa shape index (κ1) is 15.4. The second-order valence-electron chi connectivity index (χ2n) is 6.84. The minimum Gasteiger partial charge on any atom is -0.121 e. The van der Waals surface area contributed by atoms with Gasteiger partial charge in [-0.25, -0.2) is 0 Å². The highest BCUT2D eigenvalue weighted by Gasteiger charge is 2.56. The molecule has 0 aromatic heterocycles. The maximum atomic E-state index is 6.68. The Bertz CT molecular complexity index is 373. The van der Waals surface area contributed by atoms with Crippen molar-refractivity contribution in [1.29, 1.82) is 0 Å². The molecule has 1 spiro atoms. The maximum absolute atomic E-state index is 6.68. The lowest BCUT2D eigenvalue weighted by atomic mass is 9.51. The van der Waals surface area contributed by atoms with Crippen molar-refractivity contribution in [2.45, 2.75) is 67.9 Å². The van der Waals surface area contributed by atoms with Crippen LogP contribution in [0.25, 0.3) is 0 Å². The van der Waals surface area contributed by atoms with Gasteiger partial charge in [-0.3, -0.25) is 0 Å². The number of alkyl halides is 3. The molecule has 1 fully saturated rings. The number of allylic oxidation sites excluding steroid dienone is 2. The summed E-state index contributed by atoms with van der Waals surface area (Å²) in [5.74, 6) is 0. The molecule has 0 aromatic carbocycles. The highest BCUT2D eigenvalue weighted by molar-refractivity contribution is 9.10. The third-order valence-corrected chi connectivity index (χ3v) is 8.99. The predicted molar refractivity (Wildman–Crippen MR) is 88.1 cm³/mol. The van der Waals surface area contributed by atoms with Crippen molar-refractivity contribution in [3.63, 3.8) is 0 Å². The minimum atomic E-state index is 0.0927. The monoisotopic (exact) mass is 396 g/mol. The fraction of sp³-hybridized carbons (Fsp3) is 0.867. The summed E-state index contributed by atoms with van der Waals surface area (Å²) in [5.41, 5.74) is 2.08. The van der Waals surface area contributed by atoms with Gasteiger partial charge in [-0.15, -0.1) is 11.6 Å². The van der Waals surface area contributed by atoms with E-state index in [0.717, 1.165) is 19.3 Å². The molecule has 0 nitrogen and oxygen atoms in total. The molecule has 1 saturated carbocycles.